The minimum absolute atomic E-state index is 0.0350. The molecule has 1 aromatic heterocycles. The monoisotopic (exact) mass is 390 g/mol. The third kappa shape index (κ3) is 3.53. The number of aliphatic carboxylic acids is 1. The molecular weight excluding hydrogens is 364 g/mol. The number of carbonyl (C=O) groups excluding carboxylic acids is 1. The third-order valence-electron chi connectivity index (χ3n) is 6.20. The summed E-state index contributed by atoms with van der Waals surface area (Å²) in [7, 11) is 1.89. The predicted molar refractivity (Wildman–Crippen MR) is 113 cm³/mol. The molecule has 2 heterocycles. The summed E-state index contributed by atoms with van der Waals surface area (Å²) in [6.45, 7) is 2.65. The number of likely N-dealkylation sites (N-methyl/N-ethyl adjacent to an activating group) is 1. The minimum Gasteiger partial charge on any atom is -0.481 e. The average Bonchev–Trinajstić information content (AvgIpc) is 3.05. The van der Waals surface area contributed by atoms with Crippen LogP contribution in [0.3, 0.4) is 0 Å². The summed E-state index contributed by atoms with van der Waals surface area (Å²) in [6.07, 6.45) is 1.65. The Morgan fingerprint density at radius 3 is 2.55 bits per heavy atom. The number of carbonyl (C=O) groups is 2. The largest absolute Gasteiger partial charge is 0.481 e. The van der Waals surface area contributed by atoms with Crippen LogP contribution in [-0.2, 0) is 29.0 Å². The summed E-state index contributed by atoms with van der Waals surface area (Å²) in [5.41, 5.74) is 4.09. The van der Waals surface area contributed by atoms with Crippen molar-refractivity contribution >= 4 is 22.8 Å². The number of carboxylic acid groups (broad SMARTS) is 1. The van der Waals surface area contributed by atoms with Crippen molar-refractivity contribution in [1.29, 1.82) is 0 Å². The molecule has 5 nitrogen and oxygen atoms in total. The molecule has 0 spiro atoms. The van der Waals surface area contributed by atoms with Gasteiger partial charge in [-0.05, 0) is 37.0 Å². The normalized spacial score (nSPS) is 17.0. The van der Waals surface area contributed by atoms with Crippen molar-refractivity contribution in [3.05, 3.63) is 71.4 Å². The average molecular weight is 390 g/mol. The van der Waals surface area contributed by atoms with E-state index in [1.54, 1.807) is 0 Å². The maximum atomic E-state index is 13.1. The van der Waals surface area contributed by atoms with E-state index in [9.17, 15) is 14.7 Å². The SMILES string of the molecule is CC(C(=O)N(C)[C@@H]1CCc2c(CC(=O)O)c3ccccc3n2C1)c1ccccc1. The fourth-order valence-corrected chi connectivity index (χ4v) is 4.56. The Hall–Kier alpha value is -3.08. The Balaban J connectivity index is 1.61. The van der Waals surface area contributed by atoms with Gasteiger partial charge in [-0.25, -0.2) is 0 Å². The first-order valence-corrected chi connectivity index (χ1v) is 10.1. The van der Waals surface area contributed by atoms with E-state index in [0.717, 1.165) is 40.6 Å². The lowest BCUT2D eigenvalue weighted by Gasteiger charge is -2.34. The third-order valence-corrected chi connectivity index (χ3v) is 6.20. The standard InChI is InChI=1S/C24H26N2O3/c1-16(17-8-4-3-5-9-17)24(29)25(2)18-12-13-22-20(14-23(27)28)19-10-6-7-11-21(19)26(22)15-18/h3-11,16,18H,12-15H2,1-2H3,(H,27,28)/t16?,18-/m1/s1. The van der Waals surface area contributed by atoms with Crippen LogP contribution in [0.2, 0.25) is 0 Å². The van der Waals surface area contributed by atoms with E-state index in [-0.39, 0.29) is 24.3 Å². The number of nitrogens with zero attached hydrogens (tertiary/aromatic N) is 2. The van der Waals surface area contributed by atoms with Gasteiger partial charge in [0.2, 0.25) is 5.91 Å². The summed E-state index contributed by atoms with van der Waals surface area (Å²) in [5, 5.41) is 10.4. The molecule has 1 aliphatic heterocycles. The molecule has 0 radical (unpaired) electrons. The summed E-state index contributed by atoms with van der Waals surface area (Å²) in [6, 6.07) is 17.9. The van der Waals surface area contributed by atoms with Gasteiger partial charge in [0.25, 0.3) is 0 Å². The lowest BCUT2D eigenvalue weighted by molar-refractivity contribution is -0.136. The Morgan fingerprint density at radius 2 is 1.83 bits per heavy atom. The maximum Gasteiger partial charge on any atom is 0.307 e. The van der Waals surface area contributed by atoms with Gasteiger partial charge in [-0.2, -0.15) is 0 Å². The number of para-hydroxylation sites is 1. The molecule has 29 heavy (non-hydrogen) atoms. The molecule has 1 amide bonds. The second-order valence-corrected chi connectivity index (χ2v) is 7.90. The highest BCUT2D eigenvalue weighted by Crippen LogP contribution is 2.33. The van der Waals surface area contributed by atoms with Gasteiger partial charge in [0.05, 0.1) is 12.3 Å². The molecule has 3 aromatic rings. The highest BCUT2D eigenvalue weighted by molar-refractivity contribution is 5.89. The van der Waals surface area contributed by atoms with Crippen LogP contribution in [-0.4, -0.2) is 39.5 Å². The van der Waals surface area contributed by atoms with Crippen LogP contribution in [0, 0.1) is 0 Å². The molecule has 1 aliphatic rings. The maximum absolute atomic E-state index is 13.1. The zero-order chi connectivity index (χ0) is 20.5. The predicted octanol–water partition coefficient (Wildman–Crippen LogP) is 3.85. The van der Waals surface area contributed by atoms with Crippen LogP contribution in [0.5, 0.6) is 0 Å². The number of hydrogen-bond donors (Lipinski definition) is 1. The molecule has 4 rings (SSSR count). The highest BCUT2D eigenvalue weighted by Gasteiger charge is 2.31. The quantitative estimate of drug-likeness (QED) is 0.720. The number of aromatic nitrogens is 1. The molecule has 0 bridgehead atoms. The van der Waals surface area contributed by atoms with E-state index in [0.29, 0.717) is 6.54 Å². The van der Waals surface area contributed by atoms with Gasteiger partial charge >= 0.3 is 5.97 Å². The molecule has 0 fully saturated rings. The Labute approximate surface area is 170 Å². The van der Waals surface area contributed by atoms with Crippen molar-refractivity contribution in [1.82, 2.24) is 9.47 Å². The van der Waals surface area contributed by atoms with Crippen LogP contribution in [0.25, 0.3) is 10.9 Å². The van der Waals surface area contributed by atoms with E-state index in [2.05, 4.69) is 4.57 Å². The molecular formula is C24H26N2O3. The second-order valence-electron chi connectivity index (χ2n) is 7.90. The molecule has 1 unspecified atom stereocenters. The first-order chi connectivity index (χ1) is 14.0. The van der Waals surface area contributed by atoms with E-state index in [1.165, 1.54) is 0 Å². The van der Waals surface area contributed by atoms with Crippen molar-refractivity contribution in [2.24, 2.45) is 0 Å². The molecule has 0 aliphatic carbocycles. The lowest BCUT2D eigenvalue weighted by Crippen LogP contribution is -2.44. The van der Waals surface area contributed by atoms with Crippen LogP contribution in [0.1, 0.15) is 36.1 Å². The van der Waals surface area contributed by atoms with Crippen molar-refractivity contribution in [3.8, 4) is 0 Å². The Bertz CT molecular complexity index is 1050. The number of fused-ring (bicyclic) bond motifs is 3. The molecule has 2 aromatic carbocycles. The van der Waals surface area contributed by atoms with Crippen molar-refractivity contribution < 1.29 is 14.7 Å². The van der Waals surface area contributed by atoms with Gasteiger partial charge in [0, 0.05) is 36.2 Å². The number of carboxylic acids is 1. The van der Waals surface area contributed by atoms with Gasteiger partial charge in [0.15, 0.2) is 0 Å². The Kier molecular flexibility index (Phi) is 5.14. The summed E-state index contributed by atoms with van der Waals surface area (Å²) < 4.78 is 2.22. The number of hydrogen-bond acceptors (Lipinski definition) is 2. The van der Waals surface area contributed by atoms with Crippen molar-refractivity contribution in [3.63, 3.8) is 0 Å². The van der Waals surface area contributed by atoms with Crippen LogP contribution < -0.4 is 0 Å². The van der Waals surface area contributed by atoms with E-state index >= 15 is 0 Å². The van der Waals surface area contributed by atoms with Crippen LogP contribution in [0.15, 0.2) is 54.6 Å². The van der Waals surface area contributed by atoms with Gasteiger partial charge in [-0.15, -0.1) is 0 Å². The minimum atomic E-state index is -0.810. The fourth-order valence-electron chi connectivity index (χ4n) is 4.56. The summed E-state index contributed by atoms with van der Waals surface area (Å²) in [5.74, 6) is -0.881. The number of amides is 1. The summed E-state index contributed by atoms with van der Waals surface area (Å²) >= 11 is 0. The highest BCUT2D eigenvalue weighted by atomic mass is 16.4. The summed E-state index contributed by atoms with van der Waals surface area (Å²) in [4.78, 5) is 26.4. The van der Waals surface area contributed by atoms with Crippen molar-refractivity contribution in [2.75, 3.05) is 7.05 Å². The molecule has 0 saturated heterocycles. The van der Waals surface area contributed by atoms with Gasteiger partial charge in [-0.1, -0.05) is 48.5 Å². The zero-order valence-corrected chi connectivity index (χ0v) is 16.8. The first kappa shape index (κ1) is 19.2. The molecule has 2 atom stereocenters. The van der Waals surface area contributed by atoms with Gasteiger partial charge in [0.1, 0.15) is 0 Å². The Morgan fingerprint density at radius 1 is 1.14 bits per heavy atom. The van der Waals surface area contributed by atoms with Gasteiger partial charge < -0.3 is 14.6 Å². The number of rotatable bonds is 5. The molecule has 5 heteroatoms. The van der Waals surface area contributed by atoms with Crippen LogP contribution >= 0.6 is 0 Å². The van der Waals surface area contributed by atoms with E-state index in [4.69, 9.17) is 0 Å². The second kappa shape index (κ2) is 7.74. The van der Waals surface area contributed by atoms with Crippen LogP contribution in [0.4, 0.5) is 0 Å². The van der Waals surface area contributed by atoms with E-state index < -0.39 is 5.97 Å². The number of benzene rings is 2. The lowest BCUT2D eigenvalue weighted by atomic mass is 9.96. The zero-order valence-electron chi connectivity index (χ0n) is 16.8. The van der Waals surface area contributed by atoms with Gasteiger partial charge in [-0.3, -0.25) is 9.59 Å². The van der Waals surface area contributed by atoms with E-state index in [1.807, 2.05) is 73.5 Å². The molecule has 0 saturated carbocycles. The smallest absolute Gasteiger partial charge is 0.307 e. The molecule has 1 N–H and O–H groups in total. The fraction of sp³-hybridized carbons (Fsp3) is 0.333. The van der Waals surface area contributed by atoms with Crippen molar-refractivity contribution in [2.45, 2.75) is 44.7 Å². The molecule has 150 valence electrons. The topological polar surface area (TPSA) is 62.5 Å². The first-order valence-electron chi connectivity index (χ1n) is 10.1.